The minimum Gasteiger partial charge on any atom is -0.482 e. The molecule has 0 radical (unpaired) electrons. The van der Waals surface area contributed by atoms with E-state index >= 15 is 0 Å². The Morgan fingerprint density at radius 2 is 1.95 bits per heavy atom. The van der Waals surface area contributed by atoms with E-state index in [9.17, 15) is 14.5 Å². The minimum absolute atomic E-state index is 0.000325. The summed E-state index contributed by atoms with van der Waals surface area (Å²) in [6.45, 7) is 7.98. The van der Waals surface area contributed by atoms with Gasteiger partial charge < -0.3 is 10.1 Å². The molecular weight excluding hydrogens is 475 g/mol. The molecule has 10 heteroatoms. The van der Waals surface area contributed by atoms with E-state index in [1.54, 1.807) is 42.6 Å². The Morgan fingerprint density at radius 3 is 2.68 bits per heavy atom. The van der Waals surface area contributed by atoms with Crippen molar-refractivity contribution in [3.8, 4) is 17.0 Å². The first-order chi connectivity index (χ1) is 17.7. The molecule has 1 aliphatic heterocycles. The lowest BCUT2D eigenvalue weighted by molar-refractivity contribution is -0.385. The minimum atomic E-state index is -0.454. The summed E-state index contributed by atoms with van der Waals surface area (Å²) in [7, 11) is 0. The Bertz CT molecular complexity index is 1470. The molecule has 5 rings (SSSR count). The Morgan fingerprint density at radius 1 is 1.14 bits per heavy atom. The van der Waals surface area contributed by atoms with Gasteiger partial charge >= 0.3 is 5.69 Å². The molecule has 4 aromatic rings. The zero-order valence-electron chi connectivity index (χ0n) is 20.8. The summed E-state index contributed by atoms with van der Waals surface area (Å²) in [5, 5.41) is 15.6. The predicted molar refractivity (Wildman–Crippen MR) is 139 cm³/mol. The molecule has 0 aliphatic carbocycles. The molecule has 1 saturated heterocycles. The number of nitrogens with zero attached hydrogens (tertiary/aromatic N) is 5. The van der Waals surface area contributed by atoms with Gasteiger partial charge in [-0.15, -0.1) is 0 Å². The number of fused-ring (bicyclic) bond motifs is 1. The van der Waals surface area contributed by atoms with Crippen LogP contribution in [0.5, 0.6) is 5.75 Å². The van der Waals surface area contributed by atoms with Crippen molar-refractivity contribution < 1.29 is 14.1 Å². The molecule has 3 heterocycles. The smallest absolute Gasteiger partial charge is 0.311 e. The monoisotopic (exact) mass is 502 g/mol. The fourth-order valence-electron chi connectivity index (χ4n) is 4.48. The van der Waals surface area contributed by atoms with Crippen LogP contribution in [0.15, 0.2) is 61.1 Å². The molecule has 2 aromatic carbocycles. The first-order valence-corrected chi connectivity index (χ1v) is 12.0. The molecule has 1 fully saturated rings. The molecular formula is C27H27FN6O3. The van der Waals surface area contributed by atoms with Gasteiger partial charge in [0.05, 0.1) is 21.5 Å². The Balaban J connectivity index is 1.46. The molecule has 0 unspecified atom stereocenters. The largest absolute Gasteiger partial charge is 0.482 e. The number of hydrogen-bond acceptors (Lipinski definition) is 8. The quantitative estimate of drug-likeness (QED) is 0.263. The van der Waals surface area contributed by atoms with Crippen LogP contribution in [-0.2, 0) is 0 Å². The normalized spacial score (nSPS) is 16.2. The highest BCUT2D eigenvalue weighted by Gasteiger charge is 2.32. The molecule has 2 aromatic heterocycles. The van der Waals surface area contributed by atoms with Crippen molar-refractivity contribution in [2.45, 2.75) is 38.8 Å². The molecule has 0 spiro atoms. The average molecular weight is 503 g/mol. The van der Waals surface area contributed by atoms with Gasteiger partial charge in [0.25, 0.3) is 0 Å². The summed E-state index contributed by atoms with van der Waals surface area (Å²) in [5.41, 5.74) is 1.77. The van der Waals surface area contributed by atoms with Gasteiger partial charge in [0, 0.05) is 48.2 Å². The third-order valence-electron chi connectivity index (χ3n) is 6.47. The summed E-state index contributed by atoms with van der Waals surface area (Å²) in [4.78, 5) is 26.7. The van der Waals surface area contributed by atoms with E-state index in [4.69, 9.17) is 4.74 Å². The van der Waals surface area contributed by atoms with E-state index < -0.39 is 4.92 Å². The van der Waals surface area contributed by atoms with Gasteiger partial charge in [-0.1, -0.05) is 12.1 Å². The van der Waals surface area contributed by atoms with Crippen molar-refractivity contribution in [1.82, 2.24) is 19.9 Å². The molecule has 9 nitrogen and oxygen atoms in total. The second-order valence-electron chi connectivity index (χ2n) is 10.00. The van der Waals surface area contributed by atoms with Crippen LogP contribution in [0.4, 0.5) is 21.6 Å². The van der Waals surface area contributed by atoms with E-state index in [-0.39, 0.29) is 28.9 Å². The van der Waals surface area contributed by atoms with E-state index in [1.165, 1.54) is 18.5 Å². The molecule has 190 valence electrons. The topological polar surface area (TPSA) is 106 Å². The van der Waals surface area contributed by atoms with Gasteiger partial charge in [0.2, 0.25) is 0 Å². The van der Waals surface area contributed by atoms with Crippen LogP contribution in [0, 0.1) is 15.9 Å². The van der Waals surface area contributed by atoms with Crippen LogP contribution in [0.25, 0.3) is 22.2 Å². The number of nitro benzene ring substituents is 1. The maximum atomic E-state index is 14.3. The standard InChI is InChI=1S/C27H27FN6O3/c1-27(2,3)33-11-9-18(15-33)37-25-14-23-20(13-24(25)34(35)36)26(31-16-30-23)32-17-8-10-29-22(12-17)19-6-4-5-7-21(19)28/h4-8,10,12-14,16,18H,9,11,15H2,1-3H3,(H,29,30,31,32)/t18-/m1/s1. The van der Waals surface area contributed by atoms with E-state index in [1.807, 2.05) is 0 Å². The zero-order chi connectivity index (χ0) is 26.2. The summed E-state index contributed by atoms with van der Waals surface area (Å²) < 4.78 is 20.4. The second kappa shape index (κ2) is 9.70. The van der Waals surface area contributed by atoms with E-state index in [0.717, 1.165) is 13.0 Å². The zero-order valence-corrected chi connectivity index (χ0v) is 20.8. The highest BCUT2D eigenvalue weighted by Crippen LogP contribution is 2.36. The molecule has 0 amide bonds. The van der Waals surface area contributed by atoms with Gasteiger partial charge in [-0.2, -0.15) is 0 Å². The van der Waals surface area contributed by atoms with Gasteiger partial charge in [0.15, 0.2) is 5.75 Å². The number of likely N-dealkylation sites (tertiary alicyclic amines) is 1. The van der Waals surface area contributed by atoms with E-state index in [0.29, 0.717) is 40.2 Å². The van der Waals surface area contributed by atoms with Crippen molar-refractivity contribution in [3.05, 3.63) is 77.0 Å². The lowest BCUT2D eigenvalue weighted by atomic mass is 10.1. The first kappa shape index (κ1) is 24.5. The fraction of sp³-hybridized carbons (Fsp3) is 0.296. The van der Waals surface area contributed by atoms with Crippen molar-refractivity contribution in [1.29, 1.82) is 0 Å². The van der Waals surface area contributed by atoms with E-state index in [2.05, 4.69) is 45.9 Å². The maximum absolute atomic E-state index is 14.3. The van der Waals surface area contributed by atoms with Crippen LogP contribution in [0.1, 0.15) is 27.2 Å². The van der Waals surface area contributed by atoms with Crippen LogP contribution in [0.3, 0.4) is 0 Å². The third-order valence-corrected chi connectivity index (χ3v) is 6.47. The lowest BCUT2D eigenvalue weighted by Crippen LogP contribution is -2.40. The number of nitro groups is 1. The van der Waals surface area contributed by atoms with Gasteiger partial charge in [-0.05, 0) is 51.5 Å². The number of aromatic nitrogens is 3. The van der Waals surface area contributed by atoms with Crippen molar-refractivity contribution in [2.24, 2.45) is 0 Å². The average Bonchev–Trinajstić information content (AvgIpc) is 3.33. The Labute approximate surface area is 213 Å². The number of rotatable bonds is 6. The Kier molecular flexibility index (Phi) is 6.43. The molecule has 0 saturated carbocycles. The number of pyridine rings is 1. The van der Waals surface area contributed by atoms with Crippen LogP contribution in [0.2, 0.25) is 0 Å². The fourth-order valence-corrected chi connectivity index (χ4v) is 4.48. The molecule has 1 aliphatic rings. The summed E-state index contributed by atoms with van der Waals surface area (Å²) in [5.74, 6) is 0.189. The highest BCUT2D eigenvalue weighted by molar-refractivity contribution is 5.94. The van der Waals surface area contributed by atoms with Gasteiger partial charge in [-0.25, -0.2) is 14.4 Å². The molecule has 37 heavy (non-hydrogen) atoms. The van der Waals surface area contributed by atoms with Crippen molar-refractivity contribution in [3.63, 3.8) is 0 Å². The number of hydrogen-bond donors (Lipinski definition) is 1. The Hall–Kier alpha value is -4.18. The van der Waals surface area contributed by atoms with Crippen molar-refractivity contribution in [2.75, 3.05) is 18.4 Å². The summed E-state index contributed by atoms with van der Waals surface area (Å²) >= 11 is 0. The van der Waals surface area contributed by atoms with Crippen LogP contribution in [-0.4, -0.2) is 49.5 Å². The van der Waals surface area contributed by atoms with Gasteiger partial charge in [0.1, 0.15) is 24.1 Å². The highest BCUT2D eigenvalue weighted by atomic mass is 19.1. The number of ether oxygens (including phenoxy) is 1. The number of halogens is 1. The molecule has 1 N–H and O–H groups in total. The number of benzene rings is 2. The number of anilines is 2. The lowest BCUT2D eigenvalue weighted by Gasteiger charge is -2.31. The van der Waals surface area contributed by atoms with Crippen molar-refractivity contribution >= 4 is 28.1 Å². The molecule has 1 atom stereocenters. The molecule has 0 bridgehead atoms. The maximum Gasteiger partial charge on any atom is 0.311 e. The predicted octanol–water partition coefficient (Wildman–Crippen LogP) is 5.73. The van der Waals surface area contributed by atoms with Crippen LogP contribution >= 0.6 is 0 Å². The van der Waals surface area contributed by atoms with Crippen LogP contribution < -0.4 is 10.1 Å². The summed E-state index contributed by atoms with van der Waals surface area (Å²) in [6.07, 6.45) is 3.58. The third kappa shape index (κ3) is 5.19. The second-order valence-corrected chi connectivity index (χ2v) is 10.00. The first-order valence-electron chi connectivity index (χ1n) is 12.0. The van der Waals surface area contributed by atoms with Gasteiger partial charge in [-0.3, -0.25) is 20.0 Å². The summed E-state index contributed by atoms with van der Waals surface area (Å²) in [6, 6.07) is 12.8. The SMILES string of the molecule is CC(C)(C)N1CC[C@@H](Oc2cc3ncnc(Nc4ccnc(-c5ccccc5F)c4)c3cc2[N+](=O)[O-])C1. The number of nitrogens with one attached hydrogen (secondary N) is 1.